The molecule has 1 rings (SSSR count). The zero-order chi connectivity index (χ0) is 9.68. The number of aromatic nitrogens is 2. The van der Waals surface area contributed by atoms with Crippen molar-refractivity contribution in [1.82, 2.24) is 9.97 Å². The molecule has 0 saturated carbocycles. The van der Waals surface area contributed by atoms with Crippen LogP contribution in [0.15, 0.2) is 12.4 Å². The van der Waals surface area contributed by atoms with Gasteiger partial charge in [0.15, 0.2) is 5.95 Å². The Labute approximate surface area is 80.0 Å². The van der Waals surface area contributed by atoms with Crippen molar-refractivity contribution in [3.05, 3.63) is 12.4 Å². The predicted octanol–water partition coefficient (Wildman–Crippen LogP) is 2.65. The van der Waals surface area contributed by atoms with E-state index in [0.29, 0.717) is 6.04 Å². The average molecular weight is 181 g/mol. The van der Waals surface area contributed by atoms with Gasteiger partial charge in [-0.15, -0.1) is 0 Å². The molecule has 0 aliphatic carbocycles. The summed E-state index contributed by atoms with van der Waals surface area (Å²) in [6.45, 7) is 6.67. The molecule has 3 heteroatoms. The quantitative estimate of drug-likeness (QED) is 0.733. The van der Waals surface area contributed by atoms with E-state index in [1.54, 1.807) is 6.20 Å². The third-order valence-corrected chi connectivity index (χ3v) is 2.62. The number of imidazole rings is 1. The van der Waals surface area contributed by atoms with Gasteiger partial charge in [0.1, 0.15) is 0 Å². The van der Waals surface area contributed by atoms with Gasteiger partial charge in [-0.05, 0) is 12.8 Å². The van der Waals surface area contributed by atoms with Crippen LogP contribution in [0.3, 0.4) is 0 Å². The van der Waals surface area contributed by atoms with E-state index in [4.69, 9.17) is 0 Å². The van der Waals surface area contributed by atoms with E-state index in [1.165, 1.54) is 12.8 Å². The molecule has 1 aromatic rings. The first-order valence-corrected chi connectivity index (χ1v) is 5.03. The van der Waals surface area contributed by atoms with E-state index in [2.05, 4.69) is 36.1 Å². The van der Waals surface area contributed by atoms with Gasteiger partial charge in [0.2, 0.25) is 0 Å². The fourth-order valence-corrected chi connectivity index (χ4v) is 1.67. The smallest absolute Gasteiger partial charge is 0.200 e. The van der Waals surface area contributed by atoms with E-state index in [9.17, 15) is 0 Å². The fourth-order valence-electron chi connectivity index (χ4n) is 1.67. The summed E-state index contributed by atoms with van der Waals surface area (Å²) < 4.78 is 0. The summed E-state index contributed by atoms with van der Waals surface area (Å²) in [5, 5.41) is 3.36. The third-order valence-electron chi connectivity index (χ3n) is 2.62. The Morgan fingerprint density at radius 3 is 2.62 bits per heavy atom. The minimum Gasteiger partial charge on any atom is -0.353 e. The monoisotopic (exact) mass is 181 g/mol. The lowest BCUT2D eigenvalue weighted by Crippen LogP contribution is -2.25. The molecule has 0 amide bonds. The van der Waals surface area contributed by atoms with Gasteiger partial charge in [-0.1, -0.05) is 26.7 Å². The second-order valence-corrected chi connectivity index (χ2v) is 3.45. The van der Waals surface area contributed by atoms with Crippen molar-refractivity contribution in [3.63, 3.8) is 0 Å². The molecule has 3 nitrogen and oxygen atoms in total. The first-order chi connectivity index (χ1) is 6.27. The largest absolute Gasteiger partial charge is 0.353 e. The number of rotatable bonds is 5. The van der Waals surface area contributed by atoms with Crippen molar-refractivity contribution in [2.75, 3.05) is 5.32 Å². The number of nitrogens with one attached hydrogen (secondary N) is 2. The minimum absolute atomic E-state index is 0.487. The molecule has 0 bridgehead atoms. The topological polar surface area (TPSA) is 40.7 Å². The molecule has 1 atom stereocenters. The first kappa shape index (κ1) is 10.1. The number of nitrogens with zero attached hydrogens (tertiary/aromatic N) is 1. The molecule has 13 heavy (non-hydrogen) atoms. The normalized spacial score (nSPS) is 13.2. The predicted molar refractivity (Wildman–Crippen MR) is 55.7 cm³/mol. The lowest BCUT2D eigenvalue weighted by molar-refractivity contribution is 0.436. The Hall–Kier alpha value is -0.990. The Balaban J connectivity index is 2.44. The van der Waals surface area contributed by atoms with E-state index in [1.807, 2.05) is 6.20 Å². The fraction of sp³-hybridized carbons (Fsp3) is 0.700. The van der Waals surface area contributed by atoms with Crippen molar-refractivity contribution < 1.29 is 0 Å². The lowest BCUT2D eigenvalue weighted by atomic mass is 9.96. The maximum atomic E-state index is 4.14. The summed E-state index contributed by atoms with van der Waals surface area (Å²) >= 11 is 0. The molecule has 0 aliphatic rings. The molecule has 0 fully saturated rings. The molecular weight excluding hydrogens is 162 g/mol. The van der Waals surface area contributed by atoms with Gasteiger partial charge in [-0.25, -0.2) is 4.98 Å². The average Bonchev–Trinajstić information content (AvgIpc) is 2.59. The van der Waals surface area contributed by atoms with Crippen LogP contribution in [0, 0.1) is 5.92 Å². The maximum Gasteiger partial charge on any atom is 0.200 e. The van der Waals surface area contributed by atoms with Crippen molar-refractivity contribution >= 4 is 5.95 Å². The van der Waals surface area contributed by atoms with Gasteiger partial charge in [-0.2, -0.15) is 0 Å². The van der Waals surface area contributed by atoms with Gasteiger partial charge in [0.05, 0.1) is 0 Å². The van der Waals surface area contributed by atoms with Gasteiger partial charge in [0.25, 0.3) is 0 Å². The maximum absolute atomic E-state index is 4.14. The van der Waals surface area contributed by atoms with Crippen molar-refractivity contribution in [3.8, 4) is 0 Å². The van der Waals surface area contributed by atoms with Gasteiger partial charge in [0, 0.05) is 18.4 Å². The molecule has 1 aromatic heterocycles. The van der Waals surface area contributed by atoms with Crippen molar-refractivity contribution in [1.29, 1.82) is 0 Å². The van der Waals surface area contributed by atoms with Gasteiger partial charge in [-0.3, -0.25) is 0 Å². The minimum atomic E-state index is 0.487. The molecule has 74 valence electrons. The summed E-state index contributed by atoms with van der Waals surface area (Å²) in [5.74, 6) is 1.60. The highest BCUT2D eigenvalue weighted by molar-refractivity contribution is 5.24. The van der Waals surface area contributed by atoms with Crippen molar-refractivity contribution in [2.45, 2.75) is 39.7 Å². The van der Waals surface area contributed by atoms with Crippen LogP contribution in [0.25, 0.3) is 0 Å². The highest BCUT2D eigenvalue weighted by atomic mass is 15.1. The zero-order valence-corrected chi connectivity index (χ0v) is 8.67. The molecule has 0 spiro atoms. The molecule has 2 N–H and O–H groups in total. The molecule has 0 aromatic carbocycles. The third kappa shape index (κ3) is 2.76. The Morgan fingerprint density at radius 2 is 2.15 bits per heavy atom. The summed E-state index contributed by atoms with van der Waals surface area (Å²) in [4.78, 5) is 7.19. The summed E-state index contributed by atoms with van der Waals surface area (Å²) in [6, 6.07) is 0.487. The number of H-pyrrole nitrogens is 1. The Morgan fingerprint density at radius 1 is 1.46 bits per heavy atom. The summed E-state index contributed by atoms with van der Waals surface area (Å²) in [7, 11) is 0. The SMILES string of the molecule is CCC(CC)C(C)Nc1ncc[nH]1. The second-order valence-electron chi connectivity index (χ2n) is 3.45. The van der Waals surface area contributed by atoms with Crippen LogP contribution in [0.1, 0.15) is 33.6 Å². The van der Waals surface area contributed by atoms with Gasteiger partial charge < -0.3 is 10.3 Å². The van der Waals surface area contributed by atoms with Crippen LogP contribution in [0.4, 0.5) is 5.95 Å². The second kappa shape index (κ2) is 4.90. The standard InChI is InChI=1S/C10H19N3/c1-4-9(5-2)8(3)13-10-11-6-7-12-10/h6-9H,4-5H2,1-3H3,(H2,11,12,13). The Bertz CT molecular complexity index is 214. The van der Waals surface area contributed by atoms with E-state index < -0.39 is 0 Å². The van der Waals surface area contributed by atoms with E-state index >= 15 is 0 Å². The summed E-state index contributed by atoms with van der Waals surface area (Å²) in [6.07, 6.45) is 6.03. The summed E-state index contributed by atoms with van der Waals surface area (Å²) in [5.41, 5.74) is 0. The van der Waals surface area contributed by atoms with E-state index in [-0.39, 0.29) is 0 Å². The van der Waals surface area contributed by atoms with Crippen LogP contribution in [-0.4, -0.2) is 16.0 Å². The van der Waals surface area contributed by atoms with Crippen molar-refractivity contribution in [2.24, 2.45) is 5.92 Å². The molecule has 0 aliphatic heterocycles. The number of hydrogen-bond acceptors (Lipinski definition) is 2. The Kier molecular flexibility index (Phi) is 3.80. The number of aromatic amines is 1. The first-order valence-electron chi connectivity index (χ1n) is 5.03. The number of hydrogen-bond donors (Lipinski definition) is 2. The highest BCUT2D eigenvalue weighted by Crippen LogP contribution is 2.15. The molecule has 1 unspecified atom stereocenters. The van der Waals surface area contributed by atoms with Crippen LogP contribution >= 0.6 is 0 Å². The lowest BCUT2D eigenvalue weighted by Gasteiger charge is -2.21. The zero-order valence-electron chi connectivity index (χ0n) is 8.67. The molecule has 1 heterocycles. The van der Waals surface area contributed by atoms with Crippen LogP contribution in [0.5, 0.6) is 0 Å². The number of anilines is 1. The molecule has 0 radical (unpaired) electrons. The molecule has 0 saturated heterocycles. The van der Waals surface area contributed by atoms with Crippen LogP contribution in [0.2, 0.25) is 0 Å². The van der Waals surface area contributed by atoms with E-state index in [0.717, 1.165) is 11.9 Å². The highest BCUT2D eigenvalue weighted by Gasteiger charge is 2.13. The van der Waals surface area contributed by atoms with Crippen LogP contribution < -0.4 is 5.32 Å². The van der Waals surface area contributed by atoms with Crippen LogP contribution in [-0.2, 0) is 0 Å². The molecular formula is C10H19N3. The van der Waals surface area contributed by atoms with Gasteiger partial charge >= 0.3 is 0 Å².